The summed E-state index contributed by atoms with van der Waals surface area (Å²) >= 11 is 5.95. The first-order valence-corrected chi connectivity index (χ1v) is 7.24. The second-order valence-corrected chi connectivity index (χ2v) is 5.19. The second kappa shape index (κ2) is 7.60. The summed E-state index contributed by atoms with van der Waals surface area (Å²) in [7, 11) is 1.57. The molecule has 0 radical (unpaired) electrons. The van der Waals surface area contributed by atoms with Crippen molar-refractivity contribution in [1.82, 2.24) is 0 Å². The van der Waals surface area contributed by atoms with Gasteiger partial charge in [-0.1, -0.05) is 29.8 Å². The lowest BCUT2D eigenvalue weighted by molar-refractivity contribution is -0.384. The number of anilines is 1. The van der Waals surface area contributed by atoms with Crippen LogP contribution in [0.15, 0.2) is 42.5 Å². The van der Waals surface area contributed by atoms with E-state index in [9.17, 15) is 14.9 Å². The predicted molar refractivity (Wildman–Crippen MR) is 88.1 cm³/mol. The van der Waals surface area contributed by atoms with Crippen molar-refractivity contribution >= 4 is 28.9 Å². The van der Waals surface area contributed by atoms with Gasteiger partial charge in [-0.2, -0.15) is 0 Å². The lowest BCUT2D eigenvalue weighted by atomic mass is 10.1. The number of aryl methyl sites for hydroxylation is 1. The van der Waals surface area contributed by atoms with Gasteiger partial charge in [0.1, 0.15) is 5.75 Å². The Kier molecular flexibility index (Phi) is 5.54. The van der Waals surface area contributed by atoms with Gasteiger partial charge in [-0.25, -0.2) is 0 Å². The van der Waals surface area contributed by atoms with Crippen LogP contribution in [-0.4, -0.2) is 17.9 Å². The summed E-state index contributed by atoms with van der Waals surface area (Å²) in [6, 6.07) is 11.3. The fourth-order valence-corrected chi connectivity index (χ4v) is 2.26. The zero-order valence-electron chi connectivity index (χ0n) is 12.4. The molecule has 1 N–H and O–H groups in total. The van der Waals surface area contributed by atoms with E-state index >= 15 is 0 Å². The summed E-state index contributed by atoms with van der Waals surface area (Å²) < 4.78 is 5.23. The first-order chi connectivity index (χ1) is 11.0. The zero-order chi connectivity index (χ0) is 16.8. The Morgan fingerprint density at radius 3 is 2.74 bits per heavy atom. The summed E-state index contributed by atoms with van der Waals surface area (Å²) in [6.07, 6.45) is 0.696. The minimum Gasteiger partial charge on any atom is -0.496 e. The van der Waals surface area contributed by atoms with E-state index in [4.69, 9.17) is 16.3 Å². The van der Waals surface area contributed by atoms with Gasteiger partial charge < -0.3 is 10.1 Å². The van der Waals surface area contributed by atoms with Crippen molar-refractivity contribution in [2.75, 3.05) is 12.4 Å². The van der Waals surface area contributed by atoms with E-state index < -0.39 is 4.92 Å². The highest BCUT2D eigenvalue weighted by molar-refractivity contribution is 6.33. The first-order valence-electron chi connectivity index (χ1n) is 6.87. The van der Waals surface area contributed by atoms with Crippen LogP contribution in [0.25, 0.3) is 0 Å². The van der Waals surface area contributed by atoms with Crippen LogP contribution in [0.4, 0.5) is 11.4 Å². The quantitative estimate of drug-likeness (QED) is 0.643. The highest BCUT2D eigenvalue weighted by Crippen LogP contribution is 2.27. The van der Waals surface area contributed by atoms with Crippen molar-refractivity contribution < 1.29 is 14.5 Å². The Hall–Kier alpha value is -2.60. The third-order valence-corrected chi connectivity index (χ3v) is 3.58. The molecule has 0 aliphatic rings. The van der Waals surface area contributed by atoms with Gasteiger partial charge >= 0.3 is 0 Å². The van der Waals surface area contributed by atoms with Gasteiger partial charge in [-0.05, 0) is 24.1 Å². The third-order valence-electron chi connectivity index (χ3n) is 3.25. The van der Waals surface area contributed by atoms with Gasteiger partial charge in [-0.3, -0.25) is 14.9 Å². The number of non-ortho nitro benzene ring substituents is 1. The summed E-state index contributed by atoms with van der Waals surface area (Å²) in [4.78, 5) is 22.3. The molecule has 0 fully saturated rings. The van der Waals surface area contributed by atoms with Crippen molar-refractivity contribution in [3.8, 4) is 5.75 Å². The third kappa shape index (κ3) is 4.43. The SMILES string of the molecule is COc1ccccc1CCC(=O)Nc1cc([N+](=O)[O-])ccc1Cl. The summed E-state index contributed by atoms with van der Waals surface area (Å²) in [5, 5.41) is 13.6. The van der Waals surface area contributed by atoms with Gasteiger partial charge in [0.05, 0.1) is 22.7 Å². The second-order valence-electron chi connectivity index (χ2n) is 4.78. The molecular formula is C16H15ClN2O4. The van der Waals surface area contributed by atoms with Crippen LogP contribution in [0.5, 0.6) is 5.75 Å². The molecule has 7 heteroatoms. The molecule has 0 atom stereocenters. The molecule has 1 amide bonds. The molecule has 0 unspecified atom stereocenters. The van der Waals surface area contributed by atoms with Gasteiger partial charge in [-0.15, -0.1) is 0 Å². The van der Waals surface area contributed by atoms with E-state index in [2.05, 4.69) is 5.32 Å². The van der Waals surface area contributed by atoms with Crippen LogP contribution in [0.3, 0.4) is 0 Å². The van der Waals surface area contributed by atoms with Crippen LogP contribution < -0.4 is 10.1 Å². The molecule has 120 valence electrons. The summed E-state index contributed by atoms with van der Waals surface area (Å²) in [6.45, 7) is 0. The molecule has 0 saturated heterocycles. The number of hydrogen-bond acceptors (Lipinski definition) is 4. The Morgan fingerprint density at radius 2 is 2.04 bits per heavy atom. The van der Waals surface area contributed by atoms with E-state index in [0.717, 1.165) is 5.56 Å². The highest BCUT2D eigenvalue weighted by Gasteiger charge is 2.12. The molecule has 6 nitrogen and oxygen atoms in total. The predicted octanol–water partition coefficient (Wildman–Crippen LogP) is 3.83. The maximum atomic E-state index is 12.0. The van der Waals surface area contributed by atoms with Crippen molar-refractivity contribution in [2.45, 2.75) is 12.8 Å². The van der Waals surface area contributed by atoms with Crippen molar-refractivity contribution in [3.05, 3.63) is 63.2 Å². The topological polar surface area (TPSA) is 81.5 Å². The van der Waals surface area contributed by atoms with Crippen LogP contribution in [-0.2, 0) is 11.2 Å². The maximum Gasteiger partial charge on any atom is 0.271 e. The number of methoxy groups -OCH3 is 1. The van der Waals surface area contributed by atoms with Gasteiger partial charge in [0.25, 0.3) is 5.69 Å². The van der Waals surface area contributed by atoms with E-state index in [1.54, 1.807) is 7.11 Å². The fraction of sp³-hybridized carbons (Fsp3) is 0.188. The molecule has 0 saturated carbocycles. The summed E-state index contributed by atoms with van der Waals surface area (Å²) in [5.41, 5.74) is 1.01. The number of ether oxygens (including phenoxy) is 1. The fourth-order valence-electron chi connectivity index (χ4n) is 2.09. The lowest BCUT2D eigenvalue weighted by Crippen LogP contribution is -2.13. The van der Waals surface area contributed by atoms with Crippen molar-refractivity contribution in [3.63, 3.8) is 0 Å². The van der Waals surface area contributed by atoms with E-state index in [1.807, 2.05) is 24.3 Å². The van der Waals surface area contributed by atoms with Gasteiger partial charge in [0.15, 0.2) is 0 Å². The lowest BCUT2D eigenvalue weighted by Gasteiger charge is -2.09. The smallest absolute Gasteiger partial charge is 0.271 e. The molecule has 0 aliphatic carbocycles. The number of para-hydroxylation sites is 1. The number of nitrogens with one attached hydrogen (secondary N) is 1. The monoisotopic (exact) mass is 334 g/mol. The molecule has 2 aromatic carbocycles. The minimum absolute atomic E-state index is 0.130. The van der Waals surface area contributed by atoms with Gasteiger partial charge in [0.2, 0.25) is 5.91 Å². The normalized spacial score (nSPS) is 10.2. The number of hydrogen-bond donors (Lipinski definition) is 1. The number of nitro groups is 1. The van der Waals surface area contributed by atoms with Crippen molar-refractivity contribution in [2.24, 2.45) is 0 Å². The molecule has 0 aromatic heterocycles. The molecule has 0 spiro atoms. The number of amides is 1. The minimum atomic E-state index is -0.541. The number of halogens is 1. The Morgan fingerprint density at radius 1 is 1.30 bits per heavy atom. The van der Waals surface area contributed by atoms with Crippen LogP contribution in [0, 0.1) is 10.1 Å². The Labute approximate surface area is 138 Å². The average Bonchev–Trinajstić information content (AvgIpc) is 2.55. The molecule has 23 heavy (non-hydrogen) atoms. The largest absolute Gasteiger partial charge is 0.496 e. The number of nitrogens with zero attached hydrogens (tertiary/aromatic N) is 1. The van der Waals surface area contributed by atoms with E-state index in [0.29, 0.717) is 12.2 Å². The molecule has 0 aliphatic heterocycles. The van der Waals surface area contributed by atoms with E-state index in [-0.39, 0.29) is 28.7 Å². The standard InChI is InChI=1S/C16H15ClN2O4/c1-23-15-5-3-2-4-11(15)6-9-16(20)18-14-10-12(19(21)22)7-8-13(14)17/h2-5,7-8,10H,6,9H2,1H3,(H,18,20). The highest BCUT2D eigenvalue weighted by atomic mass is 35.5. The number of carbonyl (C=O) groups excluding carboxylic acids is 1. The number of nitro benzene ring substituents is 1. The maximum absolute atomic E-state index is 12.0. The molecular weight excluding hydrogens is 320 g/mol. The number of rotatable bonds is 6. The molecule has 2 aromatic rings. The van der Waals surface area contributed by atoms with Crippen LogP contribution in [0.2, 0.25) is 5.02 Å². The zero-order valence-corrected chi connectivity index (χ0v) is 13.2. The Bertz CT molecular complexity index is 734. The van der Waals surface area contributed by atoms with E-state index in [1.165, 1.54) is 18.2 Å². The average molecular weight is 335 g/mol. The molecule has 0 heterocycles. The number of carbonyl (C=O) groups is 1. The molecule has 0 bridgehead atoms. The van der Waals surface area contributed by atoms with Crippen LogP contribution in [0.1, 0.15) is 12.0 Å². The number of benzene rings is 2. The van der Waals surface area contributed by atoms with Crippen molar-refractivity contribution in [1.29, 1.82) is 0 Å². The van der Waals surface area contributed by atoms with Gasteiger partial charge in [0, 0.05) is 18.6 Å². The summed E-state index contributed by atoms with van der Waals surface area (Å²) in [5.74, 6) is 0.437. The molecule has 2 rings (SSSR count). The first kappa shape index (κ1) is 16.8. The van der Waals surface area contributed by atoms with Crippen LogP contribution >= 0.6 is 11.6 Å². The Balaban J connectivity index is 2.02.